The summed E-state index contributed by atoms with van der Waals surface area (Å²) >= 11 is 1.30. The Morgan fingerprint density at radius 1 is 1.05 bits per heavy atom. The number of aromatic nitrogens is 1. The van der Waals surface area contributed by atoms with Gasteiger partial charge in [-0.3, -0.25) is 5.41 Å². The number of fused-ring (bicyclic) bond motifs is 1. The van der Waals surface area contributed by atoms with Gasteiger partial charge in [-0.05, 0) is 11.6 Å². The summed E-state index contributed by atoms with van der Waals surface area (Å²) in [5.74, 6) is 0. The first-order valence-corrected chi connectivity index (χ1v) is 7.19. The number of para-hydroxylation sites is 1. The van der Waals surface area contributed by atoms with Crippen LogP contribution in [0.5, 0.6) is 0 Å². The lowest BCUT2D eigenvalue weighted by Crippen LogP contribution is -3.00. The molecule has 1 aromatic heterocycles. The second-order valence-corrected chi connectivity index (χ2v) is 5.67. The molecule has 3 rings (SSSR count). The minimum Gasteiger partial charge on any atom is -1.00 e. The molecule has 3 N–H and O–H groups in total. The number of nitrogens with one attached hydrogen (secondary N) is 1. The van der Waals surface area contributed by atoms with Gasteiger partial charge in [-0.2, -0.15) is 0 Å². The summed E-state index contributed by atoms with van der Waals surface area (Å²) in [5, 5.41) is 8.73. The molecule has 0 bridgehead atoms. The number of rotatable bonds is 3. The fraction of sp³-hybridized carbons (Fsp3) is 0.0625. The molecule has 0 spiro atoms. The van der Waals surface area contributed by atoms with Gasteiger partial charge < -0.3 is 34.3 Å². The molecule has 0 unspecified atom stereocenters. The number of benzene rings is 2. The Balaban J connectivity index is 0.00000161. The van der Waals surface area contributed by atoms with Crippen LogP contribution < -0.4 is 29.7 Å². The molecule has 0 radical (unpaired) electrons. The van der Waals surface area contributed by atoms with Gasteiger partial charge in [0, 0.05) is 28.5 Å². The zero-order valence-electron chi connectivity index (χ0n) is 11.3. The van der Waals surface area contributed by atoms with Gasteiger partial charge in [0.05, 0.1) is 0 Å². The molecule has 0 aliphatic rings. The summed E-state index contributed by atoms with van der Waals surface area (Å²) < 4.78 is 2.20. The number of nitrogens with zero attached hydrogens (tertiary/aromatic N) is 1. The molecule has 0 aliphatic carbocycles. The van der Waals surface area contributed by atoms with Gasteiger partial charge in [0.15, 0.2) is 5.17 Å². The Morgan fingerprint density at radius 3 is 2.43 bits per heavy atom. The van der Waals surface area contributed by atoms with Gasteiger partial charge >= 0.3 is 0 Å². The van der Waals surface area contributed by atoms with Gasteiger partial charge in [0.25, 0.3) is 0 Å². The van der Waals surface area contributed by atoms with E-state index in [-0.39, 0.29) is 29.1 Å². The van der Waals surface area contributed by atoms with Crippen LogP contribution in [-0.2, 0) is 6.54 Å². The van der Waals surface area contributed by atoms with E-state index >= 15 is 0 Å². The number of thioether (sulfide) groups is 1. The molecular weight excluding hydrogens is 393 g/mol. The summed E-state index contributed by atoms with van der Waals surface area (Å²) in [4.78, 5) is 1.03. The first kappa shape index (κ1) is 15.9. The zero-order chi connectivity index (χ0) is 13.9. The molecular formula is C16H15IN3S-. The van der Waals surface area contributed by atoms with Crippen molar-refractivity contribution in [1.82, 2.24) is 4.57 Å². The van der Waals surface area contributed by atoms with E-state index in [2.05, 4.69) is 35.0 Å². The molecule has 21 heavy (non-hydrogen) atoms. The van der Waals surface area contributed by atoms with Crippen LogP contribution >= 0.6 is 11.8 Å². The Kier molecular flexibility index (Phi) is 5.30. The average molecular weight is 408 g/mol. The molecule has 0 saturated heterocycles. The first-order valence-electron chi connectivity index (χ1n) is 6.38. The molecule has 1 heterocycles. The van der Waals surface area contributed by atoms with Gasteiger partial charge in [0.1, 0.15) is 0 Å². The molecule has 0 amide bonds. The van der Waals surface area contributed by atoms with Crippen LogP contribution in [0, 0.1) is 5.41 Å². The van der Waals surface area contributed by atoms with Crippen LogP contribution in [0.3, 0.4) is 0 Å². The third-order valence-electron chi connectivity index (χ3n) is 3.17. The van der Waals surface area contributed by atoms with Gasteiger partial charge in [0.2, 0.25) is 0 Å². The topological polar surface area (TPSA) is 54.8 Å². The Labute approximate surface area is 145 Å². The third-order valence-corrected chi connectivity index (χ3v) is 3.93. The fourth-order valence-corrected chi connectivity index (χ4v) is 3.02. The Morgan fingerprint density at radius 2 is 1.71 bits per heavy atom. The summed E-state index contributed by atoms with van der Waals surface area (Å²) in [6.07, 6.45) is 2.07. The second-order valence-electron chi connectivity index (χ2n) is 4.59. The maximum Gasteiger partial charge on any atom is 0.156 e. The standard InChI is InChI=1S/C16H15N3S.HI/c17-16(18)20-15-11-19(10-12-6-2-1-3-7-12)14-9-5-4-8-13(14)15;/h1-9,11H,10H2,(H3,17,18);1H/p-1. The van der Waals surface area contributed by atoms with E-state index in [1.165, 1.54) is 22.8 Å². The van der Waals surface area contributed by atoms with Crippen molar-refractivity contribution in [3.63, 3.8) is 0 Å². The van der Waals surface area contributed by atoms with Gasteiger partial charge in [-0.1, -0.05) is 60.3 Å². The van der Waals surface area contributed by atoms with Crippen molar-refractivity contribution >= 4 is 27.8 Å². The molecule has 0 aliphatic heterocycles. The van der Waals surface area contributed by atoms with Gasteiger partial charge in [-0.15, -0.1) is 0 Å². The van der Waals surface area contributed by atoms with Crippen LogP contribution in [0.15, 0.2) is 65.7 Å². The highest BCUT2D eigenvalue weighted by atomic mass is 127. The van der Waals surface area contributed by atoms with Crippen LogP contribution in [0.4, 0.5) is 0 Å². The quantitative estimate of drug-likeness (QED) is 0.290. The van der Waals surface area contributed by atoms with Crippen LogP contribution in [0.1, 0.15) is 5.56 Å². The molecule has 0 fully saturated rings. The molecule has 3 aromatic rings. The summed E-state index contributed by atoms with van der Waals surface area (Å²) in [6.45, 7) is 0.819. The highest BCUT2D eigenvalue weighted by molar-refractivity contribution is 8.13. The van der Waals surface area contributed by atoms with Crippen molar-refractivity contribution in [2.45, 2.75) is 11.4 Å². The Bertz CT molecular complexity index is 753. The summed E-state index contributed by atoms with van der Waals surface area (Å²) in [6, 6.07) is 18.6. The minimum absolute atomic E-state index is 0. The molecule has 108 valence electrons. The highest BCUT2D eigenvalue weighted by Crippen LogP contribution is 2.30. The minimum atomic E-state index is 0. The van der Waals surface area contributed by atoms with Crippen molar-refractivity contribution in [1.29, 1.82) is 5.41 Å². The number of amidine groups is 1. The first-order chi connectivity index (χ1) is 9.74. The monoisotopic (exact) mass is 408 g/mol. The number of hydrogen-bond donors (Lipinski definition) is 2. The maximum atomic E-state index is 7.47. The predicted octanol–water partition coefficient (Wildman–Crippen LogP) is 0.679. The third kappa shape index (κ3) is 3.59. The lowest BCUT2D eigenvalue weighted by molar-refractivity contribution is -0.00000424. The van der Waals surface area contributed by atoms with E-state index < -0.39 is 0 Å². The molecule has 0 saturated carbocycles. The Hall–Kier alpha value is -1.47. The smallest absolute Gasteiger partial charge is 0.156 e. The largest absolute Gasteiger partial charge is 1.00 e. The van der Waals surface area contributed by atoms with E-state index in [9.17, 15) is 0 Å². The van der Waals surface area contributed by atoms with Gasteiger partial charge in [-0.25, -0.2) is 0 Å². The normalized spacial score (nSPS) is 10.3. The second kappa shape index (κ2) is 7.00. The van der Waals surface area contributed by atoms with Crippen molar-refractivity contribution < 1.29 is 24.0 Å². The van der Waals surface area contributed by atoms with Crippen molar-refractivity contribution in [3.8, 4) is 0 Å². The fourth-order valence-electron chi connectivity index (χ4n) is 2.32. The van der Waals surface area contributed by atoms with E-state index in [4.69, 9.17) is 11.1 Å². The summed E-state index contributed by atoms with van der Waals surface area (Å²) in [5.41, 5.74) is 7.94. The van der Waals surface area contributed by atoms with Crippen LogP contribution in [-0.4, -0.2) is 9.73 Å². The van der Waals surface area contributed by atoms with E-state index in [1.54, 1.807) is 0 Å². The van der Waals surface area contributed by atoms with Crippen LogP contribution in [0.2, 0.25) is 0 Å². The molecule has 3 nitrogen and oxygen atoms in total. The van der Waals surface area contributed by atoms with E-state index in [0.29, 0.717) is 0 Å². The average Bonchev–Trinajstić information content (AvgIpc) is 2.78. The number of hydrogen-bond acceptors (Lipinski definition) is 2. The lowest BCUT2D eigenvalue weighted by atomic mass is 10.2. The number of halogens is 1. The summed E-state index contributed by atoms with van der Waals surface area (Å²) in [7, 11) is 0. The molecule has 2 aromatic carbocycles. The molecule has 0 atom stereocenters. The SMILES string of the molecule is N=C(N)Sc1cn(Cc2ccccc2)c2ccccc12.[I-]. The van der Waals surface area contributed by atoms with E-state index in [0.717, 1.165) is 16.8 Å². The molecule has 5 heteroatoms. The predicted molar refractivity (Wildman–Crippen MR) is 85.3 cm³/mol. The van der Waals surface area contributed by atoms with E-state index in [1.807, 2.05) is 30.3 Å². The van der Waals surface area contributed by atoms with Crippen LogP contribution in [0.25, 0.3) is 10.9 Å². The van der Waals surface area contributed by atoms with Crippen molar-refractivity contribution in [3.05, 3.63) is 66.4 Å². The number of nitrogens with two attached hydrogens (primary N) is 1. The maximum absolute atomic E-state index is 7.47. The lowest BCUT2D eigenvalue weighted by Gasteiger charge is -2.05. The zero-order valence-corrected chi connectivity index (χ0v) is 14.3. The van der Waals surface area contributed by atoms with Crippen molar-refractivity contribution in [2.75, 3.05) is 0 Å². The highest BCUT2D eigenvalue weighted by Gasteiger charge is 2.09. The van der Waals surface area contributed by atoms with Crippen molar-refractivity contribution in [2.24, 2.45) is 5.73 Å².